The van der Waals surface area contributed by atoms with Crippen molar-refractivity contribution in [1.82, 2.24) is 0 Å². The fourth-order valence-electron chi connectivity index (χ4n) is 2.91. The molecule has 0 N–H and O–H groups in total. The maximum absolute atomic E-state index is 5.91. The lowest BCUT2D eigenvalue weighted by atomic mass is 10.0. The quantitative estimate of drug-likeness (QED) is 0.644. The van der Waals surface area contributed by atoms with E-state index in [1.54, 1.807) is 0 Å². The Morgan fingerprint density at radius 3 is 2.38 bits per heavy atom. The first-order valence-electron chi connectivity index (χ1n) is 8.51. The van der Waals surface area contributed by atoms with E-state index in [-0.39, 0.29) is 0 Å². The molecular weight excluding hydrogens is 324 g/mol. The van der Waals surface area contributed by atoms with Crippen LogP contribution >= 0.6 is 0 Å². The number of benzene rings is 3. The van der Waals surface area contributed by atoms with Crippen LogP contribution in [0.15, 0.2) is 66.7 Å². The first-order valence-corrected chi connectivity index (χ1v) is 8.51. The normalized spacial score (nSPS) is 12.3. The Labute approximate surface area is 153 Å². The molecule has 0 atom stereocenters. The van der Waals surface area contributed by atoms with Crippen molar-refractivity contribution in [3.8, 4) is 40.7 Å². The average molecular weight is 342 g/mol. The lowest BCUT2D eigenvalue weighted by Gasteiger charge is -2.19. The monoisotopic (exact) mass is 342 g/mol. The molecule has 3 nitrogen and oxygen atoms in total. The Morgan fingerprint density at radius 2 is 1.58 bits per heavy atom. The molecular formula is C23H18O3. The fourth-order valence-corrected chi connectivity index (χ4v) is 2.91. The van der Waals surface area contributed by atoms with Gasteiger partial charge in [-0.2, -0.15) is 0 Å². The zero-order valence-corrected chi connectivity index (χ0v) is 14.3. The van der Waals surface area contributed by atoms with Gasteiger partial charge in [0.2, 0.25) is 0 Å². The van der Waals surface area contributed by atoms with E-state index in [1.807, 2.05) is 66.7 Å². The molecule has 0 bridgehead atoms. The predicted molar refractivity (Wildman–Crippen MR) is 102 cm³/mol. The molecule has 4 rings (SSSR count). The van der Waals surface area contributed by atoms with E-state index in [9.17, 15) is 0 Å². The van der Waals surface area contributed by atoms with Crippen LogP contribution < -0.4 is 14.2 Å². The highest BCUT2D eigenvalue weighted by molar-refractivity contribution is 5.70. The molecule has 0 amide bonds. The number of terminal acetylenes is 1. The Kier molecular flexibility index (Phi) is 4.49. The molecule has 0 spiro atoms. The van der Waals surface area contributed by atoms with Gasteiger partial charge in [-0.1, -0.05) is 48.4 Å². The van der Waals surface area contributed by atoms with Gasteiger partial charge >= 0.3 is 0 Å². The minimum absolute atomic E-state index is 0.485. The van der Waals surface area contributed by atoms with Crippen molar-refractivity contribution in [2.24, 2.45) is 0 Å². The summed E-state index contributed by atoms with van der Waals surface area (Å²) in [5.74, 6) is 4.97. The van der Waals surface area contributed by atoms with Gasteiger partial charge in [-0.15, -0.1) is 6.42 Å². The number of fused-ring (bicyclic) bond motifs is 1. The van der Waals surface area contributed by atoms with E-state index < -0.39 is 0 Å². The van der Waals surface area contributed by atoms with Gasteiger partial charge in [0.25, 0.3) is 0 Å². The highest BCUT2D eigenvalue weighted by Crippen LogP contribution is 2.35. The largest absolute Gasteiger partial charge is 0.488 e. The van der Waals surface area contributed by atoms with Crippen molar-refractivity contribution in [3.05, 3.63) is 77.9 Å². The average Bonchev–Trinajstić information content (AvgIpc) is 2.72. The molecule has 128 valence electrons. The first-order chi connectivity index (χ1) is 12.8. The summed E-state index contributed by atoms with van der Waals surface area (Å²) in [6.45, 7) is 1.64. The minimum Gasteiger partial charge on any atom is -0.488 e. The number of hydrogen-bond acceptors (Lipinski definition) is 3. The van der Waals surface area contributed by atoms with Crippen molar-refractivity contribution in [2.75, 3.05) is 13.2 Å². The second-order valence-electron chi connectivity index (χ2n) is 5.99. The van der Waals surface area contributed by atoms with Crippen LogP contribution in [0.2, 0.25) is 0 Å². The van der Waals surface area contributed by atoms with Crippen molar-refractivity contribution < 1.29 is 14.2 Å². The number of ether oxygens (including phenoxy) is 3. The molecule has 26 heavy (non-hydrogen) atoms. The second kappa shape index (κ2) is 7.25. The summed E-state index contributed by atoms with van der Waals surface area (Å²) in [6.07, 6.45) is 5.70. The van der Waals surface area contributed by atoms with Crippen LogP contribution in [0.4, 0.5) is 0 Å². The van der Waals surface area contributed by atoms with E-state index in [0.717, 1.165) is 33.8 Å². The van der Waals surface area contributed by atoms with Crippen molar-refractivity contribution in [1.29, 1.82) is 0 Å². The third kappa shape index (κ3) is 3.36. The predicted octanol–water partition coefficient (Wildman–Crippen LogP) is 4.69. The summed E-state index contributed by atoms with van der Waals surface area (Å²) < 4.78 is 17.1. The Balaban J connectivity index is 1.58. The highest BCUT2D eigenvalue weighted by Gasteiger charge is 2.13. The van der Waals surface area contributed by atoms with Crippen LogP contribution in [0.3, 0.4) is 0 Å². The number of rotatable bonds is 4. The van der Waals surface area contributed by atoms with E-state index in [2.05, 4.69) is 5.92 Å². The van der Waals surface area contributed by atoms with Crippen molar-refractivity contribution >= 4 is 0 Å². The van der Waals surface area contributed by atoms with E-state index in [0.29, 0.717) is 25.6 Å². The summed E-state index contributed by atoms with van der Waals surface area (Å²) in [7, 11) is 0. The van der Waals surface area contributed by atoms with Crippen LogP contribution in [0.1, 0.15) is 11.1 Å². The molecule has 0 saturated carbocycles. The smallest absolute Gasteiger partial charge is 0.161 e. The summed E-state index contributed by atoms with van der Waals surface area (Å²) in [5, 5.41) is 0. The van der Waals surface area contributed by atoms with Crippen LogP contribution in [0.25, 0.3) is 11.1 Å². The molecule has 1 heterocycles. The summed E-state index contributed by atoms with van der Waals surface area (Å²) in [5.41, 5.74) is 3.88. The topological polar surface area (TPSA) is 27.7 Å². The van der Waals surface area contributed by atoms with Gasteiger partial charge in [0.1, 0.15) is 25.6 Å². The second-order valence-corrected chi connectivity index (χ2v) is 5.99. The van der Waals surface area contributed by atoms with E-state index in [1.165, 1.54) is 0 Å². The Morgan fingerprint density at radius 1 is 0.846 bits per heavy atom. The minimum atomic E-state index is 0.485. The molecule has 3 aromatic rings. The van der Waals surface area contributed by atoms with Crippen LogP contribution in [0.5, 0.6) is 17.2 Å². The standard InChI is InChI=1S/C23H18O3/c1-2-18-14-19(20-9-11-22-23(15-20)25-13-12-24-22)8-10-21(18)26-16-17-6-4-3-5-7-17/h1,3-11,14-15H,12-13,16H2. The van der Waals surface area contributed by atoms with Crippen molar-refractivity contribution in [2.45, 2.75) is 6.61 Å². The van der Waals surface area contributed by atoms with Gasteiger partial charge in [-0.3, -0.25) is 0 Å². The van der Waals surface area contributed by atoms with Gasteiger partial charge in [0.05, 0.1) is 5.56 Å². The first kappa shape index (κ1) is 16.1. The maximum Gasteiger partial charge on any atom is 0.161 e. The van der Waals surface area contributed by atoms with Gasteiger partial charge in [0.15, 0.2) is 11.5 Å². The zero-order valence-electron chi connectivity index (χ0n) is 14.3. The fraction of sp³-hybridized carbons (Fsp3) is 0.130. The SMILES string of the molecule is C#Cc1cc(-c2ccc3c(c2)OCCO3)ccc1OCc1ccccc1. The molecule has 0 radical (unpaired) electrons. The van der Waals surface area contributed by atoms with Gasteiger partial charge < -0.3 is 14.2 Å². The third-order valence-corrected chi connectivity index (χ3v) is 4.25. The lowest BCUT2D eigenvalue weighted by molar-refractivity contribution is 0.171. The molecule has 0 saturated heterocycles. The number of hydrogen-bond donors (Lipinski definition) is 0. The van der Waals surface area contributed by atoms with E-state index in [4.69, 9.17) is 20.6 Å². The molecule has 1 aliphatic rings. The van der Waals surface area contributed by atoms with Gasteiger partial charge in [-0.05, 0) is 41.0 Å². The van der Waals surface area contributed by atoms with Crippen LogP contribution in [-0.2, 0) is 6.61 Å². The van der Waals surface area contributed by atoms with Gasteiger partial charge in [0, 0.05) is 0 Å². The molecule has 3 aromatic carbocycles. The Hall–Kier alpha value is -3.38. The van der Waals surface area contributed by atoms with Crippen LogP contribution in [0, 0.1) is 12.3 Å². The molecule has 3 heteroatoms. The molecule has 0 fully saturated rings. The van der Waals surface area contributed by atoms with E-state index >= 15 is 0 Å². The van der Waals surface area contributed by atoms with Gasteiger partial charge in [-0.25, -0.2) is 0 Å². The maximum atomic E-state index is 5.91. The van der Waals surface area contributed by atoms with Crippen molar-refractivity contribution in [3.63, 3.8) is 0 Å². The Bertz CT molecular complexity index is 955. The zero-order chi connectivity index (χ0) is 17.8. The molecule has 0 aliphatic carbocycles. The lowest BCUT2D eigenvalue weighted by Crippen LogP contribution is -2.15. The molecule has 0 unspecified atom stereocenters. The molecule has 0 aromatic heterocycles. The summed E-state index contributed by atoms with van der Waals surface area (Å²) >= 11 is 0. The molecule has 1 aliphatic heterocycles. The summed E-state index contributed by atoms with van der Waals surface area (Å²) in [4.78, 5) is 0. The summed E-state index contributed by atoms with van der Waals surface area (Å²) in [6, 6.07) is 21.8. The highest BCUT2D eigenvalue weighted by atomic mass is 16.6. The van der Waals surface area contributed by atoms with Crippen LogP contribution in [-0.4, -0.2) is 13.2 Å². The third-order valence-electron chi connectivity index (χ3n) is 4.25.